The summed E-state index contributed by atoms with van der Waals surface area (Å²) >= 11 is 0. The summed E-state index contributed by atoms with van der Waals surface area (Å²) in [5.41, 5.74) is 17.5. The number of unbranched alkanes of at least 4 members (excludes halogenated alkanes) is 1. The Morgan fingerprint density at radius 3 is 1.25 bits per heavy atom. The average Bonchev–Trinajstić information content (AvgIpc) is 0.843. The number of carboxylic acid groups (broad SMARTS) is 6. The maximum absolute atomic E-state index is 14.4. The Balaban J connectivity index is 3.60. The van der Waals surface area contributed by atoms with Crippen LogP contribution in [0, 0.1) is 17.8 Å². The van der Waals surface area contributed by atoms with Crippen LogP contribution in [0.3, 0.4) is 0 Å². The van der Waals surface area contributed by atoms with Gasteiger partial charge in [0.1, 0.15) is 78.6 Å². The Kier molecular flexibility index (Phi) is 47.8. The molecule has 672 valence electrons. The first-order valence-corrected chi connectivity index (χ1v) is 38.6. The summed E-state index contributed by atoms with van der Waals surface area (Å²) in [7, 11) is 0. The summed E-state index contributed by atoms with van der Waals surface area (Å²) in [6.45, 7) is 11.0. The average molecular weight is 1710 g/mol. The second kappa shape index (κ2) is 54.1. The van der Waals surface area contributed by atoms with Gasteiger partial charge >= 0.3 is 41.8 Å². The SMILES string of the molecule is CC[C@H](C)[C@H](NC(=O)[C@H](CCC(=O)O)NC(=O)[C@H](CCC(=O)O)NC(=O)[C@@H](NC(=O)[C@@H](N)CCCCN)[C@@H](C)O)C(=O)N[C@@H](CO)C(=O)N[C@@H](CCC(=O)O)C(=O)N[C@H](C(=O)N[C@@H](CC(N)=O)C(=O)NC(CC(C)C)[C@H](CC(=O)N[C@@H](CC(=O)O)C(=O)N[C@@H](C)C(=O)N[C@@H](CCC(=O)O)C(=O)N[C@@H](Cc1ccccc1)C(=O)O)OC(C)=O)C(C)C. The molecule has 27 N–H and O–H groups in total. The van der Waals surface area contributed by atoms with Crippen molar-refractivity contribution in [1.29, 1.82) is 0 Å². The van der Waals surface area contributed by atoms with Crippen LogP contribution in [0.2, 0.25) is 0 Å². The van der Waals surface area contributed by atoms with Gasteiger partial charge in [0.05, 0.1) is 44.1 Å². The minimum absolute atomic E-state index is 0.0585. The molecule has 1 aromatic rings. The molecular weight excluding hydrogens is 1590 g/mol. The van der Waals surface area contributed by atoms with Gasteiger partial charge in [-0.05, 0) is 88.7 Å². The third-order valence-electron chi connectivity index (χ3n) is 18.3. The van der Waals surface area contributed by atoms with Gasteiger partial charge in [0.15, 0.2) is 0 Å². The van der Waals surface area contributed by atoms with E-state index in [-0.39, 0.29) is 25.7 Å². The fraction of sp³-hybridized carbons (Fsp3) is 0.635. The summed E-state index contributed by atoms with van der Waals surface area (Å²) in [5.74, 6) is -29.7. The zero-order chi connectivity index (χ0) is 91.5. The Hall–Kier alpha value is -12.1. The molecule has 1 aromatic carbocycles. The number of amides is 14. The highest BCUT2D eigenvalue weighted by atomic mass is 16.5. The van der Waals surface area contributed by atoms with E-state index in [0.717, 1.165) is 20.8 Å². The molecule has 0 bridgehead atoms. The molecular formula is C74H116N16O30. The molecule has 17 atom stereocenters. The van der Waals surface area contributed by atoms with E-state index in [1.807, 2.05) is 0 Å². The predicted molar refractivity (Wildman–Crippen MR) is 416 cm³/mol. The number of aliphatic hydroxyl groups excluding tert-OH is 2. The number of nitrogens with two attached hydrogens (primary N) is 3. The van der Waals surface area contributed by atoms with Crippen LogP contribution in [-0.2, 0) is 112 Å². The highest BCUT2D eigenvalue weighted by molar-refractivity contribution is 6.01. The molecule has 1 unspecified atom stereocenters. The second-order valence-electron chi connectivity index (χ2n) is 29.3. The number of esters is 1. The number of aliphatic carboxylic acids is 6. The molecule has 0 fully saturated rings. The minimum atomic E-state index is -2.06. The van der Waals surface area contributed by atoms with E-state index in [1.54, 1.807) is 51.1 Å². The van der Waals surface area contributed by atoms with Crippen molar-refractivity contribution in [3.63, 3.8) is 0 Å². The summed E-state index contributed by atoms with van der Waals surface area (Å²) in [6.07, 6.45) is -11.8. The molecule has 0 radical (unpaired) electrons. The van der Waals surface area contributed by atoms with Crippen molar-refractivity contribution in [2.45, 2.75) is 268 Å². The van der Waals surface area contributed by atoms with E-state index >= 15 is 0 Å². The van der Waals surface area contributed by atoms with Gasteiger partial charge in [-0.2, -0.15) is 0 Å². The molecule has 0 aliphatic rings. The van der Waals surface area contributed by atoms with E-state index in [0.29, 0.717) is 24.9 Å². The molecule has 46 nitrogen and oxygen atoms in total. The third-order valence-corrected chi connectivity index (χ3v) is 18.3. The molecule has 14 amide bonds. The normalized spacial score (nSPS) is 15.4. The minimum Gasteiger partial charge on any atom is -0.481 e. The van der Waals surface area contributed by atoms with Gasteiger partial charge in [0.2, 0.25) is 82.7 Å². The monoisotopic (exact) mass is 1710 g/mol. The highest BCUT2D eigenvalue weighted by Gasteiger charge is 2.41. The Labute approximate surface area is 689 Å². The van der Waals surface area contributed by atoms with Crippen molar-refractivity contribution >= 4 is 124 Å². The van der Waals surface area contributed by atoms with Crippen molar-refractivity contribution in [2.24, 2.45) is 35.0 Å². The third kappa shape index (κ3) is 40.9. The van der Waals surface area contributed by atoms with Crippen LogP contribution in [0.25, 0.3) is 0 Å². The number of carbonyl (C=O) groups excluding carboxylic acids is 15. The molecule has 0 saturated carbocycles. The lowest BCUT2D eigenvalue weighted by Gasteiger charge is -2.31. The van der Waals surface area contributed by atoms with E-state index in [2.05, 4.69) is 69.1 Å². The zero-order valence-corrected chi connectivity index (χ0v) is 68.1. The summed E-state index contributed by atoms with van der Waals surface area (Å²) in [4.78, 5) is 277. The number of primary amides is 1. The molecule has 46 heteroatoms. The van der Waals surface area contributed by atoms with Gasteiger partial charge in [-0.15, -0.1) is 0 Å². The Bertz CT molecular complexity index is 3740. The van der Waals surface area contributed by atoms with Gasteiger partial charge in [-0.25, -0.2) is 4.79 Å². The number of rotatable bonds is 59. The standard InChI is InChI=1S/C74H116N16O30/c1-10-36(6)60(89-67(111)45(22-26-57(102)103)81-64(108)43(20-24-55(98)99)83-73(117)61(38(8)92)90-63(107)41(76)18-14-15-27-75)72(116)87-50(33-91)70(114)82-44(21-25-56(100)101)66(110)88-59(35(4)5)71(115)85-47(30-52(77)94)69(113)84-46(28-34(2)3)51(120-39(9)93)32-53(95)79-48(31-58(104)105)68(112)78-37(7)62(106)80-42(19-23-54(96)97)65(109)86-49(74(118)119)29-40-16-12-11-13-17-40/h11-13,16-17,34-38,41-51,59-61,91-92H,10,14-15,18-33,75-76H2,1-9H3,(H2,77,94)(H,78,112)(H,79,95)(H,80,106)(H,81,108)(H,82,114)(H,83,117)(H,84,113)(H,85,115)(H,86,109)(H,87,116)(H,88,110)(H,89,111)(H,90,107)(H,96,97)(H,98,99)(H,100,101)(H,102,103)(H,104,105)(H,118,119)/t36-,37-,38+,41-,42-,43-,44-,45-,46?,47-,48-,49-,50-,51-,59-,60-,61-/m0/s1. The number of carboxylic acids is 6. The number of hydrogen-bond acceptors (Lipinski definition) is 26. The first-order chi connectivity index (χ1) is 56.0. The highest BCUT2D eigenvalue weighted by Crippen LogP contribution is 2.19. The predicted octanol–water partition coefficient (Wildman–Crippen LogP) is -6.66. The van der Waals surface area contributed by atoms with E-state index in [4.69, 9.17) is 21.9 Å². The van der Waals surface area contributed by atoms with Crippen LogP contribution in [0.5, 0.6) is 0 Å². The Morgan fingerprint density at radius 1 is 0.425 bits per heavy atom. The van der Waals surface area contributed by atoms with E-state index in [1.165, 1.54) is 20.8 Å². The number of hydrogen-bond donors (Lipinski definition) is 24. The second-order valence-corrected chi connectivity index (χ2v) is 29.3. The summed E-state index contributed by atoms with van der Waals surface area (Å²) in [6, 6.07) is -16.6. The van der Waals surface area contributed by atoms with Crippen LogP contribution >= 0.6 is 0 Å². The van der Waals surface area contributed by atoms with Crippen LogP contribution in [-0.4, -0.2) is 275 Å². The summed E-state index contributed by atoms with van der Waals surface area (Å²) < 4.78 is 5.47. The van der Waals surface area contributed by atoms with E-state index < -0.39 is 316 Å². The van der Waals surface area contributed by atoms with Crippen molar-refractivity contribution in [3.05, 3.63) is 35.9 Å². The van der Waals surface area contributed by atoms with Crippen molar-refractivity contribution in [2.75, 3.05) is 13.2 Å². The lowest BCUT2D eigenvalue weighted by molar-refractivity contribution is -0.151. The van der Waals surface area contributed by atoms with Crippen molar-refractivity contribution in [3.8, 4) is 0 Å². The summed E-state index contributed by atoms with van der Waals surface area (Å²) in [5, 5.41) is 108. The van der Waals surface area contributed by atoms with Gasteiger partial charge < -0.3 is 132 Å². The fourth-order valence-electron chi connectivity index (χ4n) is 11.5. The number of aliphatic hydroxyl groups is 2. The molecule has 120 heavy (non-hydrogen) atoms. The first kappa shape index (κ1) is 106. The maximum atomic E-state index is 14.4. The van der Waals surface area contributed by atoms with Crippen LogP contribution in [0.15, 0.2) is 30.3 Å². The largest absolute Gasteiger partial charge is 0.481 e. The van der Waals surface area contributed by atoms with Crippen molar-refractivity contribution < 1.29 is 146 Å². The zero-order valence-electron chi connectivity index (χ0n) is 68.1. The first-order valence-electron chi connectivity index (χ1n) is 38.6. The molecule has 0 aliphatic carbocycles. The van der Waals surface area contributed by atoms with Gasteiger partial charge in [-0.1, -0.05) is 84.7 Å². The number of ether oxygens (including phenoxy) is 1. The topological polar surface area (TPSA) is 764 Å². The number of nitrogens with one attached hydrogen (secondary N) is 13. The van der Waals surface area contributed by atoms with E-state index in [9.17, 15) is 142 Å². The maximum Gasteiger partial charge on any atom is 0.326 e. The number of carbonyl (C=O) groups is 21. The molecule has 0 aromatic heterocycles. The molecule has 1 rings (SSSR count). The van der Waals surface area contributed by atoms with Crippen LogP contribution in [0.1, 0.15) is 171 Å². The van der Waals surface area contributed by atoms with Crippen molar-refractivity contribution in [1.82, 2.24) is 69.1 Å². The number of benzene rings is 1. The fourth-order valence-corrected chi connectivity index (χ4v) is 11.5. The molecule has 0 aliphatic heterocycles. The molecule has 0 saturated heterocycles. The lowest BCUT2D eigenvalue weighted by Crippen LogP contribution is -2.62. The quantitative estimate of drug-likeness (QED) is 0.0213. The lowest BCUT2D eigenvalue weighted by atomic mass is 9.95. The van der Waals surface area contributed by atoms with Gasteiger partial charge in [0, 0.05) is 39.0 Å². The van der Waals surface area contributed by atoms with Crippen LogP contribution < -0.4 is 86.3 Å². The molecule has 0 spiro atoms. The molecule has 0 heterocycles. The van der Waals surface area contributed by atoms with Crippen LogP contribution in [0.4, 0.5) is 0 Å². The van der Waals surface area contributed by atoms with Gasteiger partial charge in [0.25, 0.3) is 0 Å². The van der Waals surface area contributed by atoms with Gasteiger partial charge in [-0.3, -0.25) is 95.9 Å². The smallest absolute Gasteiger partial charge is 0.326 e. The Morgan fingerprint density at radius 2 is 0.825 bits per heavy atom.